The largest absolute Gasteiger partial charge is 0.480 e. The van der Waals surface area contributed by atoms with E-state index in [0.717, 1.165) is 12.8 Å². The summed E-state index contributed by atoms with van der Waals surface area (Å²) >= 11 is 0. The third kappa shape index (κ3) is 3.54. The molecule has 0 spiro atoms. The van der Waals surface area contributed by atoms with Crippen LogP contribution in [0.25, 0.3) is 0 Å². The Kier molecular flexibility index (Phi) is 4.60. The van der Waals surface area contributed by atoms with Crippen molar-refractivity contribution in [1.82, 2.24) is 4.90 Å². The molecular formula is C11H17NO3. The van der Waals surface area contributed by atoms with E-state index in [1.54, 1.807) is 0 Å². The van der Waals surface area contributed by atoms with Gasteiger partial charge in [-0.1, -0.05) is 5.92 Å². The number of hydrogen-bond donors (Lipinski definition) is 1. The topological polar surface area (TPSA) is 49.8 Å². The Morgan fingerprint density at radius 1 is 1.67 bits per heavy atom. The van der Waals surface area contributed by atoms with Crippen LogP contribution < -0.4 is 0 Å². The van der Waals surface area contributed by atoms with Crippen LogP contribution in [0.5, 0.6) is 0 Å². The lowest BCUT2D eigenvalue weighted by molar-refractivity contribution is -0.140. The first-order valence-electron chi connectivity index (χ1n) is 5.18. The highest BCUT2D eigenvalue weighted by molar-refractivity contribution is 5.69. The molecule has 0 bridgehead atoms. The van der Waals surface area contributed by atoms with Crippen molar-refractivity contribution in [3.05, 3.63) is 0 Å². The maximum atomic E-state index is 10.6. The zero-order valence-corrected chi connectivity index (χ0v) is 8.98. The summed E-state index contributed by atoms with van der Waals surface area (Å²) in [4.78, 5) is 12.4. The maximum Gasteiger partial charge on any atom is 0.317 e. The van der Waals surface area contributed by atoms with Gasteiger partial charge in [-0.2, -0.15) is 0 Å². The van der Waals surface area contributed by atoms with Crippen molar-refractivity contribution in [3.8, 4) is 12.3 Å². The first-order chi connectivity index (χ1) is 7.17. The van der Waals surface area contributed by atoms with Gasteiger partial charge in [0, 0.05) is 12.6 Å². The number of carbonyl (C=O) groups is 1. The van der Waals surface area contributed by atoms with Crippen molar-refractivity contribution >= 4 is 5.97 Å². The Labute approximate surface area is 90.2 Å². The minimum atomic E-state index is -0.829. The van der Waals surface area contributed by atoms with Gasteiger partial charge in [0.25, 0.3) is 0 Å². The van der Waals surface area contributed by atoms with Gasteiger partial charge in [0.1, 0.15) is 0 Å². The molecule has 0 atom stereocenters. The van der Waals surface area contributed by atoms with Gasteiger partial charge < -0.3 is 9.84 Å². The summed E-state index contributed by atoms with van der Waals surface area (Å²) in [5.41, 5.74) is 0. The van der Waals surface area contributed by atoms with Crippen LogP contribution in [0, 0.1) is 12.3 Å². The van der Waals surface area contributed by atoms with Gasteiger partial charge in [-0.25, -0.2) is 0 Å². The molecule has 1 aliphatic carbocycles. The average molecular weight is 211 g/mol. The predicted molar refractivity (Wildman–Crippen MR) is 56.5 cm³/mol. The fraction of sp³-hybridized carbons (Fsp3) is 0.727. The van der Waals surface area contributed by atoms with Gasteiger partial charge in [0.2, 0.25) is 0 Å². The van der Waals surface area contributed by atoms with E-state index in [1.807, 2.05) is 11.8 Å². The first kappa shape index (κ1) is 12.0. The summed E-state index contributed by atoms with van der Waals surface area (Å²) in [5.74, 6) is 1.66. The second kappa shape index (κ2) is 5.74. The predicted octanol–water partition coefficient (Wildman–Crippen LogP) is 0.574. The summed E-state index contributed by atoms with van der Waals surface area (Å²) in [6, 6.07) is 0.272. The van der Waals surface area contributed by atoms with Crippen LogP contribution in [0.4, 0.5) is 0 Å². The van der Waals surface area contributed by atoms with Crippen molar-refractivity contribution in [1.29, 1.82) is 0 Å². The summed E-state index contributed by atoms with van der Waals surface area (Å²) < 4.78 is 5.42. The highest BCUT2D eigenvalue weighted by Crippen LogP contribution is 2.27. The molecular weight excluding hydrogens is 194 g/mol. The molecule has 0 aromatic heterocycles. The summed E-state index contributed by atoms with van der Waals surface area (Å²) in [5, 5.41) is 8.71. The van der Waals surface area contributed by atoms with Crippen LogP contribution in [0.3, 0.4) is 0 Å². The molecule has 0 heterocycles. The van der Waals surface area contributed by atoms with Crippen LogP contribution in [-0.2, 0) is 9.53 Å². The van der Waals surface area contributed by atoms with Crippen molar-refractivity contribution < 1.29 is 14.6 Å². The quantitative estimate of drug-likeness (QED) is 0.653. The third-order valence-electron chi connectivity index (χ3n) is 2.62. The molecule has 1 rings (SSSR count). The molecule has 0 aromatic rings. The number of ether oxygens (including phenoxy) is 1. The van der Waals surface area contributed by atoms with E-state index in [2.05, 4.69) is 5.92 Å². The van der Waals surface area contributed by atoms with E-state index in [0.29, 0.717) is 13.2 Å². The van der Waals surface area contributed by atoms with Gasteiger partial charge in [-0.15, -0.1) is 6.42 Å². The Morgan fingerprint density at radius 2 is 2.33 bits per heavy atom. The SMILES string of the molecule is C#CCN(CC(=O)O)C1CC(OCC)C1. The van der Waals surface area contributed by atoms with E-state index in [4.69, 9.17) is 16.3 Å². The highest BCUT2D eigenvalue weighted by Gasteiger charge is 2.34. The van der Waals surface area contributed by atoms with Crippen molar-refractivity contribution in [2.24, 2.45) is 0 Å². The summed E-state index contributed by atoms with van der Waals surface area (Å²) in [6.07, 6.45) is 7.27. The lowest BCUT2D eigenvalue weighted by Crippen LogP contribution is -2.49. The first-order valence-corrected chi connectivity index (χ1v) is 5.18. The molecule has 84 valence electrons. The number of hydrogen-bond acceptors (Lipinski definition) is 3. The zero-order chi connectivity index (χ0) is 11.3. The third-order valence-corrected chi connectivity index (χ3v) is 2.62. The van der Waals surface area contributed by atoms with Crippen LogP contribution in [0.2, 0.25) is 0 Å². The highest BCUT2D eigenvalue weighted by atomic mass is 16.5. The maximum absolute atomic E-state index is 10.6. The Balaban J connectivity index is 2.33. The smallest absolute Gasteiger partial charge is 0.317 e. The molecule has 0 aliphatic heterocycles. The number of nitrogens with zero attached hydrogens (tertiary/aromatic N) is 1. The fourth-order valence-electron chi connectivity index (χ4n) is 1.81. The number of terminal acetylenes is 1. The summed E-state index contributed by atoms with van der Waals surface area (Å²) in [6.45, 7) is 3.10. The summed E-state index contributed by atoms with van der Waals surface area (Å²) in [7, 11) is 0. The molecule has 15 heavy (non-hydrogen) atoms. The van der Waals surface area contributed by atoms with Gasteiger partial charge in [-0.3, -0.25) is 9.69 Å². The van der Waals surface area contributed by atoms with E-state index < -0.39 is 5.97 Å². The Bertz CT molecular complexity index is 253. The molecule has 0 unspecified atom stereocenters. The second-order valence-corrected chi connectivity index (χ2v) is 3.71. The molecule has 1 N–H and O–H groups in total. The minimum absolute atomic E-state index is 0.0215. The lowest BCUT2D eigenvalue weighted by atomic mass is 9.87. The van der Waals surface area contributed by atoms with Gasteiger partial charge >= 0.3 is 5.97 Å². The van der Waals surface area contributed by atoms with Gasteiger partial charge in [0.15, 0.2) is 0 Å². The lowest BCUT2D eigenvalue weighted by Gasteiger charge is -2.41. The van der Waals surface area contributed by atoms with Crippen molar-refractivity contribution in [2.45, 2.75) is 31.9 Å². The minimum Gasteiger partial charge on any atom is -0.480 e. The number of rotatable bonds is 6. The zero-order valence-electron chi connectivity index (χ0n) is 8.98. The van der Waals surface area contributed by atoms with Crippen LogP contribution >= 0.6 is 0 Å². The normalized spacial score (nSPS) is 24.6. The molecule has 4 nitrogen and oxygen atoms in total. The fourth-order valence-corrected chi connectivity index (χ4v) is 1.81. The van der Waals surface area contributed by atoms with Crippen LogP contribution in [0.15, 0.2) is 0 Å². The number of aliphatic carboxylic acids is 1. The monoisotopic (exact) mass is 211 g/mol. The Morgan fingerprint density at radius 3 is 2.80 bits per heavy atom. The van der Waals surface area contributed by atoms with Gasteiger partial charge in [0.05, 0.1) is 19.2 Å². The molecule has 0 saturated heterocycles. The van der Waals surface area contributed by atoms with E-state index in [9.17, 15) is 4.79 Å². The van der Waals surface area contributed by atoms with Crippen LogP contribution in [-0.4, -0.2) is 47.8 Å². The second-order valence-electron chi connectivity index (χ2n) is 3.71. The van der Waals surface area contributed by atoms with Gasteiger partial charge in [-0.05, 0) is 19.8 Å². The average Bonchev–Trinajstić information content (AvgIpc) is 2.09. The molecule has 1 saturated carbocycles. The molecule has 0 radical (unpaired) electrons. The van der Waals surface area contributed by atoms with E-state index in [1.165, 1.54) is 0 Å². The van der Waals surface area contributed by atoms with E-state index >= 15 is 0 Å². The number of carboxylic acids is 1. The molecule has 1 fully saturated rings. The van der Waals surface area contributed by atoms with E-state index in [-0.39, 0.29) is 18.7 Å². The van der Waals surface area contributed by atoms with Crippen LogP contribution in [0.1, 0.15) is 19.8 Å². The number of carboxylic acid groups (broad SMARTS) is 1. The molecule has 1 aliphatic rings. The standard InChI is InChI=1S/C11H17NO3/c1-3-5-12(8-11(13)14)9-6-10(7-9)15-4-2/h1,9-10H,4-8H2,2H3,(H,13,14). The van der Waals surface area contributed by atoms with Crippen molar-refractivity contribution in [2.75, 3.05) is 19.7 Å². The molecule has 4 heteroatoms. The van der Waals surface area contributed by atoms with Crippen molar-refractivity contribution in [3.63, 3.8) is 0 Å². The molecule has 0 amide bonds. The Hall–Kier alpha value is -1.05. The molecule has 0 aromatic carbocycles.